The third-order valence-electron chi connectivity index (χ3n) is 3.43. The first-order chi connectivity index (χ1) is 5.13. The van der Waals surface area contributed by atoms with Gasteiger partial charge in [0.2, 0.25) is 0 Å². The maximum atomic E-state index is 2.66. The van der Waals surface area contributed by atoms with Crippen molar-refractivity contribution in [2.24, 2.45) is 5.41 Å². The zero-order chi connectivity index (χ0) is 8.06. The Labute approximate surface area is 69.8 Å². The first-order valence-corrected chi connectivity index (χ1v) is 4.89. The standard InChI is InChI=1S/C10H19N/c1-8(2)11-7-10(4-5-10)6-9(11)3/h8-9H,4-7H2,1-3H3/t9-/m0/s1. The molecule has 1 saturated carbocycles. The van der Waals surface area contributed by atoms with Crippen LogP contribution in [0.3, 0.4) is 0 Å². The predicted octanol–water partition coefficient (Wildman–Crippen LogP) is 2.27. The second kappa shape index (κ2) is 2.22. The van der Waals surface area contributed by atoms with Crippen LogP contribution in [0.1, 0.15) is 40.0 Å². The molecule has 2 aliphatic rings. The monoisotopic (exact) mass is 153 g/mol. The summed E-state index contributed by atoms with van der Waals surface area (Å²) in [6.45, 7) is 8.40. The lowest BCUT2D eigenvalue weighted by Crippen LogP contribution is -2.33. The molecule has 0 aromatic carbocycles. The van der Waals surface area contributed by atoms with E-state index >= 15 is 0 Å². The van der Waals surface area contributed by atoms with Gasteiger partial charge >= 0.3 is 0 Å². The topological polar surface area (TPSA) is 3.24 Å². The Morgan fingerprint density at radius 3 is 2.27 bits per heavy atom. The van der Waals surface area contributed by atoms with Crippen LogP contribution in [0, 0.1) is 5.41 Å². The van der Waals surface area contributed by atoms with Crippen molar-refractivity contribution >= 4 is 0 Å². The number of likely N-dealkylation sites (tertiary alicyclic amines) is 1. The molecule has 1 heteroatoms. The number of hydrogen-bond donors (Lipinski definition) is 0. The molecule has 1 spiro atoms. The zero-order valence-electron chi connectivity index (χ0n) is 7.93. The van der Waals surface area contributed by atoms with E-state index in [0.717, 1.165) is 17.5 Å². The summed E-state index contributed by atoms with van der Waals surface area (Å²) >= 11 is 0. The van der Waals surface area contributed by atoms with Crippen molar-refractivity contribution < 1.29 is 0 Å². The minimum absolute atomic E-state index is 0.755. The van der Waals surface area contributed by atoms with Gasteiger partial charge in [0.05, 0.1) is 0 Å². The smallest absolute Gasteiger partial charge is 0.00756 e. The van der Waals surface area contributed by atoms with Gasteiger partial charge in [0, 0.05) is 18.6 Å². The van der Waals surface area contributed by atoms with Gasteiger partial charge < -0.3 is 0 Å². The van der Waals surface area contributed by atoms with Crippen LogP contribution in [0.4, 0.5) is 0 Å². The lowest BCUT2D eigenvalue weighted by Gasteiger charge is -2.25. The van der Waals surface area contributed by atoms with Crippen LogP contribution >= 0.6 is 0 Å². The molecule has 2 fully saturated rings. The van der Waals surface area contributed by atoms with E-state index in [1.54, 1.807) is 0 Å². The van der Waals surface area contributed by atoms with E-state index in [4.69, 9.17) is 0 Å². The molecule has 1 nitrogen and oxygen atoms in total. The van der Waals surface area contributed by atoms with Crippen molar-refractivity contribution in [1.82, 2.24) is 4.90 Å². The maximum absolute atomic E-state index is 2.66. The van der Waals surface area contributed by atoms with E-state index in [2.05, 4.69) is 25.7 Å². The number of nitrogens with zero attached hydrogens (tertiary/aromatic N) is 1. The molecular formula is C10H19N. The summed E-state index contributed by atoms with van der Waals surface area (Å²) in [5.41, 5.74) is 0.795. The first-order valence-electron chi connectivity index (χ1n) is 4.89. The predicted molar refractivity (Wildman–Crippen MR) is 47.6 cm³/mol. The van der Waals surface area contributed by atoms with Crippen molar-refractivity contribution in [3.63, 3.8) is 0 Å². The summed E-state index contributed by atoms with van der Waals surface area (Å²) in [4.78, 5) is 2.66. The van der Waals surface area contributed by atoms with Gasteiger partial charge in [-0.3, -0.25) is 4.90 Å². The van der Waals surface area contributed by atoms with Crippen molar-refractivity contribution in [1.29, 1.82) is 0 Å². The summed E-state index contributed by atoms with van der Waals surface area (Å²) in [5.74, 6) is 0. The molecule has 0 aromatic heterocycles. The Kier molecular flexibility index (Phi) is 1.54. The van der Waals surface area contributed by atoms with E-state index < -0.39 is 0 Å². The SMILES string of the molecule is CC(C)N1CC2(CC2)C[C@@H]1C. The van der Waals surface area contributed by atoms with Crippen molar-refractivity contribution in [3.05, 3.63) is 0 Å². The highest BCUT2D eigenvalue weighted by molar-refractivity contribution is 5.03. The minimum Gasteiger partial charge on any atom is -0.298 e. The first kappa shape index (κ1) is 7.60. The maximum Gasteiger partial charge on any atom is 0.00756 e. The van der Waals surface area contributed by atoms with Gasteiger partial charge in [-0.1, -0.05) is 0 Å². The van der Waals surface area contributed by atoms with E-state index in [9.17, 15) is 0 Å². The Balaban J connectivity index is 2.02. The molecule has 11 heavy (non-hydrogen) atoms. The zero-order valence-corrected chi connectivity index (χ0v) is 7.93. The molecule has 2 rings (SSSR count). The molecule has 0 unspecified atom stereocenters. The molecule has 64 valence electrons. The summed E-state index contributed by atoms with van der Waals surface area (Å²) in [5, 5.41) is 0. The third-order valence-corrected chi connectivity index (χ3v) is 3.43. The van der Waals surface area contributed by atoms with Crippen LogP contribution in [0.25, 0.3) is 0 Å². The highest BCUT2D eigenvalue weighted by atomic mass is 15.2. The molecule has 1 heterocycles. The molecule has 1 aliphatic heterocycles. The quantitative estimate of drug-likeness (QED) is 0.558. The number of rotatable bonds is 1. The van der Waals surface area contributed by atoms with E-state index in [-0.39, 0.29) is 0 Å². The third kappa shape index (κ3) is 1.20. The summed E-state index contributed by atoms with van der Waals surface area (Å²) < 4.78 is 0. The van der Waals surface area contributed by atoms with Crippen molar-refractivity contribution in [2.75, 3.05) is 6.54 Å². The van der Waals surface area contributed by atoms with E-state index in [1.165, 1.54) is 25.8 Å². The van der Waals surface area contributed by atoms with Crippen molar-refractivity contribution in [2.45, 2.75) is 52.1 Å². The molecular weight excluding hydrogens is 134 g/mol. The van der Waals surface area contributed by atoms with E-state index in [1.807, 2.05) is 0 Å². The Morgan fingerprint density at radius 2 is 2.00 bits per heavy atom. The lowest BCUT2D eigenvalue weighted by atomic mass is 10.0. The molecule has 1 aliphatic carbocycles. The van der Waals surface area contributed by atoms with Crippen LogP contribution < -0.4 is 0 Å². The number of hydrogen-bond acceptors (Lipinski definition) is 1. The van der Waals surface area contributed by atoms with E-state index in [0.29, 0.717) is 0 Å². The summed E-state index contributed by atoms with van der Waals surface area (Å²) in [7, 11) is 0. The van der Waals surface area contributed by atoms with Gasteiger partial charge in [-0.2, -0.15) is 0 Å². The normalized spacial score (nSPS) is 35.5. The Bertz CT molecular complexity index is 158. The molecule has 0 aromatic rings. The second-order valence-corrected chi connectivity index (χ2v) is 4.82. The van der Waals surface area contributed by atoms with Gasteiger partial charge in [-0.05, 0) is 45.4 Å². The molecule has 1 atom stereocenters. The van der Waals surface area contributed by atoms with Gasteiger partial charge in [-0.25, -0.2) is 0 Å². The highest BCUT2D eigenvalue weighted by Crippen LogP contribution is 2.54. The Hall–Kier alpha value is -0.0400. The van der Waals surface area contributed by atoms with Crippen LogP contribution in [0.5, 0.6) is 0 Å². The molecule has 0 amide bonds. The van der Waals surface area contributed by atoms with Crippen LogP contribution in [-0.4, -0.2) is 23.5 Å². The summed E-state index contributed by atoms with van der Waals surface area (Å²) in [6.07, 6.45) is 4.46. The highest BCUT2D eigenvalue weighted by Gasteiger charge is 2.50. The fourth-order valence-electron chi connectivity index (χ4n) is 2.58. The van der Waals surface area contributed by atoms with Gasteiger partial charge in [0.1, 0.15) is 0 Å². The second-order valence-electron chi connectivity index (χ2n) is 4.82. The van der Waals surface area contributed by atoms with Crippen LogP contribution in [-0.2, 0) is 0 Å². The molecule has 1 saturated heterocycles. The molecule has 0 bridgehead atoms. The molecule has 0 N–H and O–H groups in total. The molecule has 0 radical (unpaired) electrons. The van der Waals surface area contributed by atoms with Gasteiger partial charge in [0.25, 0.3) is 0 Å². The fraction of sp³-hybridized carbons (Fsp3) is 1.00. The van der Waals surface area contributed by atoms with Crippen LogP contribution in [0.15, 0.2) is 0 Å². The van der Waals surface area contributed by atoms with Crippen LogP contribution in [0.2, 0.25) is 0 Å². The minimum atomic E-state index is 0.755. The van der Waals surface area contributed by atoms with Gasteiger partial charge in [0.15, 0.2) is 0 Å². The van der Waals surface area contributed by atoms with Gasteiger partial charge in [-0.15, -0.1) is 0 Å². The van der Waals surface area contributed by atoms with Crippen molar-refractivity contribution in [3.8, 4) is 0 Å². The Morgan fingerprint density at radius 1 is 1.36 bits per heavy atom. The summed E-state index contributed by atoms with van der Waals surface area (Å²) in [6, 6.07) is 1.60. The fourth-order valence-corrected chi connectivity index (χ4v) is 2.58. The largest absolute Gasteiger partial charge is 0.298 e. The lowest BCUT2D eigenvalue weighted by molar-refractivity contribution is 0.210. The average Bonchev–Trinajstić information content (AvgIpc) is 2.54. The average molecular weight is 153 g/mol.